The highest BCUT2D eigenvalue weighted by atomic mass is 16.5. The van der Waals surface area contributed by atoms with Gasteiger partial charge in [-0.15, -0.1) is 0 Å². The van der Waals surface area contributed by atoms with Gasteiger partial charge in [0.25, 0.3) is 0 Å². The summed E-state index contributed by atoms with van der Waals surface area (Å²) in [5.74, 6) is -0.413. The van der Waals surface area contributed by atoms with Gasteiger partial charge in [0.2, 0.25) is 0 Å². The van der Waals surface area contributed by atoms with Gasteiger partial charge >= 0.3 is 5.97 Å². The van der Waals surface area contributed by atoms with Gasteiger partial charge in [-0.2, -0.15) is 0 Å². The van der Waals surface area contributed by atoms with E-state index >= 15 is 0 Å². The van der Waals surface area contributed by atoms with E-state index < -0.39 is 5.97 Å². The van der Waals surface area contributed by atoms with E-state index in [0.29, 0.717) is 24.2 Å². The van der Waals surface area contributed by atoms with E-state index in [1.165, 1.54) is 0 Å². The van der Waals surface area contributed by atoms with Crippen molar-refractivity contribution in [3.63, 3.8) is 0 Å². The minimum absolute atomic E-state index is 0.0199. The maximum Gasteiger partial charge on any atom is 0.338 e. The van der Waals surface area contributed by atoms with E-state index in [9.17, 15) is 9.59 Å². The first kappa shape index (κ1) is 14.3. The van der Waals surface area contributed by atoms with Crippen LogP contribution in [0.3, 0.4) is 0 Å². The molecule has 0 saturated heterocycles. The van der Waals surface area contributed by atoms with E-state index in [1.54, 1.807) is 13.0 Å². The number of carbonyl (C=O) groups excluding carboxylic acids is 2. The van der Waals surface area contributed by atoms with E-state index in [1.807, 2.05) is 36.4 Å². The van der Waals surface area contributed by atoms with Crippen LogP contribution in [0.25, 0.3) is 6.08 Å². The summed E-state index contributed by atoms with van der Waals surface area (Å²) in [5, 5.41) is 0. The summed E-state index contributed by atoms with van der Waals surface area (Å²) >= 11 is 0. The van der Waals surface area contributed by atoms with Crippen LogP contribution in [0.5, 0.6) is 0 Å². The van der Waals surface area contributed by atoms with Gasteiger partial charge < -0.3 is 4.74 Å². The number of rotatable bonds is 4. The number of esters is 1. The van der Waals surface area contributed by atoms with Crippen molar-refractivity contribution in [2.45, 2.75) is 26.2 Å². The Bertz CT molecular complexity index is 553. The van der Waals surface area contributed by atoms with Gasteiger partial charge in [-0.05, 0) is 31.4 Å². The number of hydrogen-bond donors (Lipinski definition) is 0. The first-order valence-electron chi connectivity index (χ1n) is 6.90. The van der Waals surface area contributed by atoms with Crippen molar-refractivity contribution in [2.75, 3.05) is 6.61 Å². The SMILES string of the molecule is CCOC(=O)/C(=C\c1ccccc1)C1=CCCCC1=O. The summed E-state index contributed by atoms with van der Waals surface area (Å²) in [4.78, 5) is 24.1. The molecule has 0 amide bonds. The molecule has 1 aromatic carbocycles. The van der Waals surface area contributed by atoms with Gasteiger partial charge in [0, 0.05) is 12.0 Å². The van der Waals surface area contributed by atoms with Crippen LogP contribution in [0.15, 0.2) is 47.6 Å². The molecule has 1 aliphatic carbocycles. The van der Waals surface area contributed by atoms with Crippen LogP contribution in [0.1, 0.15) is 31.7 Å². The Hall–Kier alpha value is -2.16. The topological polar surface area (TPSA) is 43.4 Å². The number of allylic oxidation sites excluding steroid dienone is 1. The summed E-state index contributed by atoms with van der Waals surface area (Å²) in [5.41, 5.74) is 1.75. The van der Waals surface area contributed by atoms with Gasteiger partial charge in [-0.1, -0.05) is 36.4 Å². The maximum atomic E-state index is 12.1. The minimum atomic E-state index is -0.433. The Morgan fingerprint density at radius 2 is 2.05 bits per heavy atom. The van der Waals surface area contributed by atoms with Gasteiger partial charge in [-0.25, -0.2) is 4.79 Å². The van der Waals surface area contributed by atoms with E-state index in [2.05, 4.69) is 0 Å². The normalized spacial score (nSPS) is 15.8. The molecule has 3 nitrogen and oxygen atoms in total. The summed E-state index contributed by atoms with van der Waals surface area (Å²) in [6.45, 7) is 2.06. The van der Waals surface area contributed by atoms with Crippen LogP contribution < -0.4 is 0 Å². The van der Waals surface area contributed by atoms with Crippen LogP contribution in [0, 0.1) is 0 Å². The fourth-order valence-corrected chi connectivity index (χ4v) is 2.19. The molecule has 2 rings (SSSR count). The molecule has 104 valence electrons. The molecule has 0 spiro atoms. The highest BCUT2D eigenvalue weighted by Gasteiger charge is 2.23. The third-order valence-electron chi connectivity index (χ3n) is 3.15. The Morgan fingerprint density at radius 3 is 2.70 bits per heavy atom. The molecule has 0 bridgehead atoms. The average molecular weight is 270 g/mol. The second-order valence-corrected chi connectivity index (χ2v) is 4.62. The molecule has 0 saturated carbocycles. The van der Waals surface area contributed by atoms with Crippen molar-refractivity contribution in [1.29, 1.82) is 0 Å². The maximum absolute atomic E-state index is 12.1. The Balaban J connectivity index is 2.39. The molecule has 20 heavy (non-hydrogen) atoms. The van der Waals surface area contributed by atoms with Crippen molar-refractivity contribution in [3.05, 3.63) is 53.1 Å². The second kappa shape index (κ2) is 6.85. The number of carbonyl (C=O) groups is 2. The molecule has 0 N–H and O–H groups in total. The average Bonchev–Trinajstić information content (AvgIpc) is 2.47. The standard InChI is InChI=1S/C17H18O3/c1-2-20-17(19)15(12-13-8-4-3-5-9-13)14-10-6-7-11-16(14)18/h3-5,8-10,12H,2,6-7,11H2,1H3/b15-12-. The van der Waals surface area contributed by atoms with E-state index in [4.69, 9.17) is 4.74 Å². The molecule has 0 unspecified atom stereocenters. The van der Waals surface area contributed by atoms with Crippen LogP contribution in [0.2, 0.25) is 0 Å². The van der Waals surface area contributed by atoms with Crippen molar-refractivity contribution in [2.24, 2.45) is 0 Å². The molecule has 1 aliphatic rings. The van der Waals surface area contributed by atoms with Crippen molar-refractivity contribution in [1.82, 2.24) is 0 Å². The Kier molecular flexibility index (Phi) is 4.88. The quantitative estimate of drug-likeness (QED) is 0.622. The zero-order valence-corrected chi connectivity index (χ0v) is 11.6. The summed E-state index contributed by atoms with van der Waals surface area (Å²) < 4.78 is 5.08. The molecule has 0 aliphatic heterocycles. The van der Waals surface area contributed by atoms with Gasteiger partial charge in [0.05, 0.1) is 12.2 Å². The molecule has 0 radical (unpaired) electrons. The monoisotopic (exact) mass is 270 g/mol. The fourth-order valence-electron chi connectivity index (χ4n) is 2.19. The first-order valence-corrected chi connectivity index (χ1v) is 6.90. The Morgan fingerprint density at radius 1 is 1.30 bits per heavy atom. The van der Waals surface area contributed by atoms with Crippen molar-refractivity contribution in [3.8, 4) is 0 Å². The summed E-state index contributed by atoms with van der Waals surface area (Å²) in [6, 6.07) is 9.49. The molecular weight excluding hydrogens is 252 g/mol. The van der Waals surface area contributed by atoms with Gasteiger partial charge in [0.1, 0.15) is 0 Å². The zero-order chi connectivity index (χ0) is 14.4. The lowest BCUT2D eigenvalue weighted by Gasteiger charge is -2.14. The molecular formula is C17H18O3. The van der Waals surface area contributed by atoms with Gasteiger partial charge in [0.15, 0.2) is 5.78 Å². The summed E-state index contributed by atoms with van der Waals surface area (Å²) in [7, 11) is 0. The molecule has 3 heteroatoms. The fraction of sp³-hybridized carbons (Fsp3) is 0.294. The molecule has 0 aromatic heterocycles. The number of ketones is 1. The molecule has 0 heterocycles. The van der Waals surface area contributed by atoms with E-state index in [0.717, 1.165) is 18.4 Å². The van der Waals surface area contributed by atoms with Crippen molar-refractivity contribution >= 4 is 17.8 Å². The number of benzene rings is 1. The van der Waals surface area contributed by atoms with Crippen LogP contribution >= 0.6 is 0 Å². The lowest BCUT2D eigenvalue weighted by molar-refractivity contribution is -0.138. The van der Waals surface area contributed by atoms with Crippen LogP contribution in [-0.4, -0.2) is 18.4 Å². The zero-order valence-electron chi connectivity index (χ0n) is 11.6. The molecule has 1 aromatic rings. The number of hydrogen-bond acceptors (Lipinski definition) is 3. The number of ether oxygens (including phenoxy) is 1. The predicted octanol–water partition coefficient (Wildman–Crippen LogP) is 3.31. The lowest BCUT2D eigenvalue weighted by Crippen LogP contribution is -2.17. The second-order valence-electron chi connectivity index (χ2n) is 4.62. The first-order chi connectivity index (χ1) is 9.72. The third kappa shape index (κ3) is 3.44. The highest BCUT2D eigenvalue weighted by Crippen LogP contribution is 2.24. The smallest absolute Gasteiger partial charge is 0.338 e. The van der Waals surface area contributed by atoms with Gasteiger partial charge in [-0.3, -0.25) is 4.79 Å². The molecule has 0 fully saturated rings. The highest BCUT2D eigenvalue weighted by molar-refractivity contribution is 6.12. The Labute approximate surface area is 118 Å². The third-order valence-corrected chi connectivity index (χ3v) is 3.15. The lowest BCUT2D eigenvalue weighted by atomic mass is 9.91. The number of Topliss-reactive ketones (excluding diaryl/α,β-unsaturated/α-hetero) is 1. The molecule has 0 atom stereocenters. The van der Waals surface area contributed by atoms with Crippen LogP contribution in [-0.2, 0) is 14.3 Å². The van der Waals surface area contributed by atoms with Crippen molar-refractivity contribution < 1.29 is 14.3 Å². The predicted molar refractivity (Wildman–Crippen MR) is 78.0 cm³/mol. The largest absolute Gasteiger partial charge is 0.462 e. The summed E-state index contributed by atoms with van der Waals surface area (Å²) in [6.07, 6.45) is 5.75. The van der Waals surface area contributed by atoms with E-state index in [-0.39, 0.29) is 5.78 Å². The minimum Gasteiger partial charge on any atom is -0.462 e. The van der Waals surface area contributed by atoms with Crippen LogP contribution in [0.4, 0.5) is 0 Å².